The Balaban J connectivity index is 1.61. The fraction of sp³-hybridized carbons (Fsp3) is 0.200. The minimum atomic E-state index is -0.415. The van der Waals surface area contributed by atoms with Gasteiger partial charge in [0.25, 0.3) is 0 Å². The van der Waals surface area contributed by atoms with Crippen LogP contribution in [0.15, 0.2) is 70.9 Å². The maximum atomic E-state index is 12.4. The zero-order valence-corrected chi connectivity index (χ0v) is 13.8. The average Bonchev–Trinajstić information content (AvgIpc) is 2.67. The van der Waals surface area contributed by atoms with Crippen LogP contribution < -0.4 is 10.9 Å². The van der Waals surface area contributed by atoms with E-state index in [1.165, 1.54) is 0 Å². The van der Waals surface area contributed by atoms with Gasteiger partial charge in [0.05, 0.1) is 23.3 Å². The van der Waals surface area contributed by atoms with Crippen LogP contribution in [0.1, 0.15) is 11.1 Å². The molecule has 3 aliphatic rings. The topological polar surface area (TPSA) is 82.9 Å². The Morgan fingerprint density at radius 3 is 1.35 bits per heavy atom. The number of rotatable bonds is 2. The Bertz CT molecular complexity index is 873. The molecule has 6 heteroatoms. The number of hydrogen-bond acceptors (Lipinski definition) is 4. The van der Waals surface area contributed by atoms with E-state index in [0.29, 0.717) is 0 Å². The van der Waals surface area contributed by atoms with Crippen LogP contribution in [0, 0.1) is 23.7 Å². The third-order valence-corrected chi connectivity index (χ3v) is 5.50. The summed E-state index contributed by atoms with van der Waals surface area (Å²) in [6, 6.07) is 19.6. The lowest BCUT2D eigenvalue weighted by Gasteiger charge is -2.53. The lowest BCUT2D eigenvalue weighted by Crippen LogP contribution is -2.67. The van der Waals surface area contributed by atoms with E-state index in [1.807, 2.05) is 60.7 Å². The Morgan fingerprint density at radius 2 is 0.962 bits per heavy atom. The molecule has 2 aliphatic heterocycles. The third kappa shape index (κ3) is 2.05. The van der Waals surface area contributed by atoms with Crippen molar-refractivity contribution in [2.24, 2.45) is 33.9 Å². The molecule has 2 amide bonds. The summed E-state index contributed by atoms with van der Waals surface area (Å²) in [5.74, 6) is -1.52. The number of hydrazone groups is 2. The average molecular weight is 344 g/mol. The maximum Gasteiger partial charge on any atom is 0.244 e. The zero-order chi connectivity index (χ0) is 17.7. The first-order valence-electron chi connectivity index (χ1n) is 8.61. The molecule has 4 unspecified atom stereocenters. The third-order valence-electron chi connectivity index (χ3n) is 5.50. The number of benzene rings is 2. The smallest absolute Gasteiger partial charge is 0.244 e. The largest absolute Gasteiger partial charge is 0.273 e. The lowest BCUT2D eigenvalue weighted by atomic mass is 9.51. The second-order valence-corrected chi connectivity index (χ2v) is 6.78. The summed E-state index contributed by atoms with van der Waals surface area (Å²) in [5.41, 5.74) is 8.74. The molecule has 0 saturated heterocycles. The van der Waals surface area contributed by atoms with Crippen LogP contribution in [0.5, 0.6) is 0 Å². The van der Waals surface area contributed by atoms with Gasteiger partial charge in [-0.3, -0.25) is 9.59 Å². The van der Waals surface area contributed by atoms with Gasteiger partial charge < -0.3 is 0 Å². The molecule has 2 aromatic rings. The molecule has 4 atom stereocenters. The van der Waals surface area contributed by atoms with E-state index in [-0.39, 0.29) is 23.7 Å². The first-order valence-corrected chi connectivity index (χ1v) is 8.61. The van der Waals surface area contributed by atoms with Crippen molar-refractivity contribution in [2.75, 3.05) is 0 Å². The molecule has 0 spiro atoms. The van der Waals surface area contributed by atoms with Gasteiger partial charge in [-0.2, -0.15) is 10.2 Å². The Labute approximate surface area is 150 Å². The quantitative estimate of drug-likeness (QED) is 0.866. The van der Waals surface area contributed by atoms with Crippen molar-refractivity contribution in [3.8, 4) is 0 Å². The maximum absolute atomic E-state index is 12.4. The molecule has 128 valence electrons. The highest BCUT2D eigenvalue weighted by Gasteiger charge is 2.63. The number of fused-ring (bicyclic) bond motifs is 4. The normalized spacial score (nSPS) is 29.2. The van der Waals surface area contributed by atoms with Crippen molar-refractivity contribution in [2.45, 2.75) is 0 Å². The summed E-state index contributed by atoms with van der Waals surface area (Å²) < 4.78 is 0. The molecule has 2 aromatic carbocycles. The fourth-order valence-electron chi connectivity index (χ4n) is 4.34. The van der Waals surface area contributed by atoms with E-state index < -0.39 is 11.8 Å². The van der Waals surface area contributed by atoms with E-state index in [1.54, 1.807) is 0 Å². The molecule has 0 radical (unpaired) electrons. The van der Waals surface area contributed by atoms with Crippen LogP contribution in [-0.4, -0.2) is 23.2 Å². The molecule has 1 saturated carbocycles. The highest BCUT2D eigenvalue weighted by Crippen LogP contribution is 2.52. The van der Waals surface area contributed by atoms with Crippen LogP contribution in [0.3, 0.4) is 0 Å². The minimum Gasteiger partial charge on any atom is -0.273 e. The number of nitrogens with zero attached hydrogens (tertiary/aromatic N) is 2. The first-order chi connectivity index (χ1) is 12.8. The fourth-order valence-corrected chi connectivity index (χ4v) is 4.34. The van der Waals surface area contributed by atoms with Gasteiger partial charge in [-0.15, -0.1) is 0 Å². The van der Waals surface area contributed by atoms with E-state index in [9.17, 15) is 9.59 Å². The molecule has 1 fully saturated rings. The van der Waals surface area contributed by atoms with E-state index in [2.05, 4.69) is 21.1 Å². The highest BCUT2D eigenvalue weighted by molar-refractivity contribution is 6.17. The summed E-state index contributed by atoms with van der Waals surface area (Å²) in [5, 5.41) is 8.68. The standard InChI is InChI=1S/C20H16N4O2/c25-19-15-13(17(21-23-19)11-7-3-1-4-8-11)14-16(15)20(26)24-22-18(14)12-9-5-2-6-10-12/h1-10,13-16H,(H,23,25)(H,24,26). The minimum absolute atomic E-state index is 0.152. The van der Waals surface area contributed by atoms with Crippen LogP contribution in [0.4, 0.5) is 0 Å². The molecular formula is C20H16N4O2. The molecule has 26 heavy (non-hydrogen) atoms. The predicted octanol–water partition coefficient (Wildman–Crippen LogP) is 1.53. The SMILES string of the molecule is O=C1NN=C(c2ccccc2)C2C1C1C(=O)NN=C(c3ccccc3)C12. The van der Waals surface area contributed by atoms with Crippen molar-refractivity contribution in [1.29, 1.82) is 0 Å². The van der Waals surface area contributed by atoms with Gasteiger partial charge in [0.1, 0.15) is 0 Å². The van der Waals surface area contributed by atoms with Crippen LogP contribution in [0.2, 0.25) is 0 Å². The second-order valence-electron chi connectivity index (χ2n) is 6.78. The van der Waals surface area contributed by atoms with Gasteiger partial charge in [-0.05, 0) is 11.1 Å². The monoisotopic (exact) mass is 344 g/mol. The van der Waals surface area contributed by atoms with Gasteiger partial charge in [0.2, 0.25) is 11.8 Å². The van der Waals surface area contributed by atoms with Gasteiger partial charge in [-0.25, -0.2) is 10.9 Å². The van der Waals surface area contributed by atoms with E-state index >= 15 is 0 Å². The Morgan fingerprint density at radius 1 is 0.577 bits per heavy atom. The number of carbonyl (C=O) groups is 2. The zero-order valence-electron chi connectivity index (χ0n) is 13.8. The van der Waals surface area contributed by atoms with Gasteiger partial charge in [0, 0.05) is 11.8 Å². The second kappa shape index (κ2) is 5.62. The van der Waals surface area contributed by atoms with Crippen LogP contribution in [-0.2, 0) is 9.59 Å². The number of amides is 2. The van der Waals surface area contributed by atoms with Crippen LogP contribution >= 0.6 is 0 Å². The van der Waals surface area contributed by atoms with Gasteiger partial charge in [0.15, 0.2) is 0 Å². The summed E-state index contributed by atoms with van der Waals surface area (Å²) in [7, 11) is 0. The molecule has 2 heterocycles. The van der Waals surface area contributed by atoms with Gasteiger partial charge in [-0.1, -0.05) is 60.7 Å². The molecule has 0 aromatic heterocycles. The molecule has 5 rings (SSSR count). The van der Waals surface area contributed by atoms with Crippen molar-refractivity contribution < 1.29 is 9.59 Å². The predicted molar refractivity (Wildman–Crippen MR) is 96.2 cm³/mol. The number of nitrogens with one attached hydrogen (secondary N) is 2. The summed E-state index contributed by atoms with van der Waals surface area (Å²) >= 11 is 0. The highest BCUT2D eigenvalue weighted by atomic mass is 16.2. The summed E-state index contributed by atoms with van der Waals surface area (Å²) in [6.07, 6.45) is 0. The summed E-state index contributed by atoms with van der Waals surface area (Å²) in [4.78, 5) is 24.9. The van der Waals surface area contributed by atoms with Gasteiger partial charge >= 0.3 is 0 Å². The Kier molecular flexibility index (Phi) is 3.25. The number of hydrogen-bond donors (Lipinski definition) is 2. The summed E-state index contributed by atoms with van der Waals surface area (Å²) in [6.45, 7) is 0. The van der Waals surface area contributed by atoms with E-state index in [0.717, 1.165) is 22.6 Å². The van der Waals surface area contributed by atoms with Crippen molar-refractivity contribution in [1.82, 2.24) is 10.9 Å². The molecule has 2 N–H and O–H groups in total. The van der Waals surface area contributed by atoms with Crippen molar-refractivity contribution >= 4 is 23.2 Å². The first kappa shape index (κ1) is 15.0. The Hall–Kier alpha value is -3.28. The molecular weight excluding hydrogens is 328 g/mol. The lowest BCUT2D eigenvalue weighted by molar-refractivity contribution is -0.148. The molecule has 6 nitrogen and oxygen atoms in total. The van der Waals surface area contributed by atoms with E-state index in [4.69, 9.17) is 0 Å². The van der Waals surface area contributed by atoms with Crippen LogP contribution in [0.25, 0.3) is 0 Å². The molecule has 0 bridgehead atoms. The number of carbonyl (C=O) groups excluding carboxylic acids is 2. The van der Waals surface area contributed by atoms with Crippen molar-refractivity contribution in [3.05, 3.63) is 71.8 Å². The molecule has 1 aliphatic carbocycles. The van der Waals surface area contributed by atoms with Crippen molar-refractivity contribution in [3.63, 3.8) is 0 Å².